The van der Waals surface area contributed by atoms with Crippen LogP contribution in [0.5, 0.6) is 0 Å². The van der Waals surface area contributed by atoms with E-state index >= 15 is 0 Å². The molecule has 6 rings (SSSR count). The highest BCUT2D eigenvalue weighted by molar-refractivity contribution is 8.00. The van der Waals surface area contributed by atoms with Crippen LogP contribution in [-0.4, -0.2) is 17.7 Å². The molecule has 1 heterocycles. The fraction of sp³-hybridized carbons (Fsp3) is 0.0476. The molecule has 52 heavy (non-hydrogen) atoms. The van der Waals surface area contributed by atoms with Crippen molar-refractivity contribution in [3.63, 3.8) is 0 Å². The van der Waals surface area contributed by atoms with Crippen LogP contribution >= 0.6 is 34.7 Å². The molecular formula is C42H31ClN4O3S2. The van der Waals surface area contributed by atoms with E-state index in [0.29, 0.717) is 37.3 Å². The molecule has 0 fully saturated rings. The summed E-state index contributed by atoms with van der Waals surface area (Å²) < 4.78 is 0. The third-order valence-electron chi connectivity index (χ3n) is 7.92. The first-order chi connectivity index (χ1) is 25.3. The van der Waals surface area contributed by atoms with E-state index in [1.165, 1.54) is 29.2 Å². The summed E-state index contributed by atoms with van der Waals surface area (Å²) >= 11 is 9.01. The monoisotopic (exact) mass is 738 g/mol. The zero-order chi connectivity index (χ0) is 36.5. The van der Waals surface area contributed by atoms with Crippen LogP contribution in [0, 0.1) is 18.3 Å². The largest absolute Gasteiger partial charge is 0.321 e. The molecule has 0 saturated heterocycles. The number of nitrogens with zero attached hydrogens (tertiary/aromatic N) is 1. The van der Waals surface area contributed by atoms with Crippen LogP contribution in [-0.2, 0) is 9.59 Å². The quantitative estimate of drug-likeness (QED) is 0.0905. The van der Waals surface area contributed by atoms with Gasteiger partial charge in [0.05, 0.1) is 5.56 Å². The number of benzene rings is 5. The highest BCUT2D eigenvalue weighted by Gasteiger charge is 2.25. The van der Waals surface area contributed by atoms with Gasteiger partial charge in [-0.15, -0.1) is 23.1 Å². The fourth-order valence-electron chi connectivity index (χ4n) is 5.26. The van der Waals surface area contributed by atoms with Crippen LogP contribution in [0.3, 0.4) is 0 Å². The minimum atomic E-state index is -0.690. The number of hydrogen-bond donors (Lipinski definition) is 3. The Bertz CT molecular complexity index is 2300. The molecule has 5 aromatic carbocycles. The van der Waals surface area contributed by atoms with Gasteiger partial charge in [0.1, 0.15) is 22.0 Å². The van der Waals surface area contributed by atoms with Crippen molar-refractivity contribution < 1.29 is 14.4 Å². The number of hydrogen-bond acceptors (Lipinski definition) is 6. The maximum Gasteiger partial charge on any atom is 0.272 e. The number of anilines is 2. The van der Waals surface area contributed by atoms with Crippen molar-refractivity contribution in [1.29, 1.82) is 5.26 Å². The number of amides is 3. The first kappa shape index (κ1) is 35.9. The third kappa shape index (κ3) is 8.86. The van der Waals surface area contributed by atoms with Crippen LogP contribution in [0.4, 0.5) is 10.7 Å². The highest BCUT2D eigenvalue weighted by atomic mass is 35.5. The summed E-state index contributed by atoms with van der Waals surface area (Å²) in [5.41, 5.74) is 5.34. The molecule has 0 spiro atoms. The summed E-state index contributed by atoms with van der Waals surface area (Å²) in [5.74, 6) is -1.31. The zero-order valence-electron chi connectivity index (χ0n) is 27.8. The summed E-state index contributed by atoms with van der Waals surface area (Å²) in [6.07, 6.45) is 1.52. The molecule has 0 aliphatic carbocycles. The Morgan fingerprint density at radius 1 is 0.827 bits per heavy atom. The van der Waals surface area contributed by atoms with E-state index in [4.69, 9.17) is 11.6 Å². The average molecular weight is 739 g/mol. The lowest BCUT2D eigenvalue weighted by molar-refractivity contribution is -0.116. The lowest BCUT2D eigenvalue weighted by Crippen LogP contribution is -2.30. The van der Waals surface area contributed by atoms with Crippen molar-refractivity contribution in [2.45, 2.75) is 17.1 Å². The van der Waals surface area contributed by atoms with Gasteiger partial charge in [0, 0.05) is 32.1 Å². The van der Waals surface area contributed by atoms with E-state index in [9.17, 15) is 19.6 Å². The van der Waals surface area contributed by atoms with E-state index in [-0.39, 0.29) is 11.6 Å². The highest BCUT2D eigenvalue weighted by Crippen LogP contribution is 2.40. The number of nitriles is 1. The van der Waals surface area contributed by atoms with Crippen molar-refractivity contribution in [3.8, 4) is 17.2 Å². The van der Waals surface area contributed by atoms with E-state index in [0.717, 1.165) is 22.3 Å². The summed E-state index contributed by atoms with van der Waals surface area (Å²) in [7, 11) is 0. The first-order valence-corrected chi connectivity index (χ1v) is 18.3. The summed E-state index contributed by atoms with van der Waals surface area (Å²) in [6.45, 7) is 2.00. The van der Waals surface area contributed by atoms with Gasteiger partial charge in [-0.25, -0.2) is 0 Å². The Hall–Kier alpha value is -5.92. The summed E-state index contributed by atoms with van der Waals surface area (Å²) in [5, 5.41) is 20.8. The van der Waals surface area contributed by atoms with Crippen LogP contribution in [0.25, 0.3) is 17.2 Å². The van der Waals surface area contributed by atoms with E-state index < -0.39 is 17.1 Å². The number of nitrogens with one attached hydrogen (secondary N) is 3. The van der Waals surface area contributed by atoms with Crippen LogP contribution < -0.4 is 16.0 Å². The second-order valence-electron chi connectivity index (χ2n) is 11.6. The van der Waals surface area contributed by atoms with Crippen LogP contribution in [0.1, 0.15) is 37.9 Å². The second kappa shape index (κ2) is 16.9. The van der Waals surface area contributed by atoms with E-state index in [1.807, 2.05) is 73.0 Å². The van der Waals surface area contributed by atoms with Gasteiger partial charge in [0.25, 0.3) is 11.8 Å². The maximum absolute atomic E-state index is 14.0. The van der Waals surface area contributed by atoms with Crippen molar-refractivity contribution in [3.05, 3.63) is 177 Å². The standard InChI is InChI=1S/C42H31ClN4O3S2/c1-27-19-21-28(22-20-27)35-26-51-42(34(35)25-44)47-41(50)38(29-11-4-2-5-12-29)52-33-17-10-16-32(24-33)45-40(49)37(23-31-15-8-9-18-36(31)43)46-39(48)30-13-6-3-7-14-30/h2-24,26,38H,1H3,(H,45,49)(H,46,48)(H,47,50)/b37-23+. The molecule has 0 bridgehead atoms. The Kier molecular flexibility index (Phi) is 11.6. The Morgan fingerprint density at radius 2 is 1.52 bits per heavy atom. The van der Waals surface area contributed by atoms with Crippen LogP contribution in [0.15, 0.2) is 149 Å². The van der Waals surface area contributed by atoms with Gasteiger partial charge >= 0.3 is 0 Å². The second-order valence-corrected chi connectivity index (χ2v) is 14.1. The van der Waals surface area contributed by atoms with Crippen molar-refractivity contribution in [2.75, 3.05) is 10.6 Å². The molecular weight excluding hydrogens is 708 g/mol. The van der Waals surface area contributed by atoms with E-state index in [2.05, 4.69) is 22.0 Å². The number of aryl methyl sites for hydroxylation is 1. The van der Waals surface area contributed by atoms with Gasteiger partial charge in [0.2, 0.25) is 5.91 Å². The molecule has 10 heteroatoms. The normalized spacial score (nSPS) is 11.6. The van der Waals surface area contributed by atoms with Gasteiger partial charge in [-0.05, 0) is 66.1 Å². The molecule has 0 saturated carbocycles. The third-order valence-corrected chi connectivity index (χ3v) is 10.4. The lowest BCUT2D eigenvalue weighted by Gasteiger charge is -2.18. The topological polar surface area (TPSA) is 111 Å². The predicted octanol–water partition coefficient (Wildman–Crippen LogP) is 10.1. The number of halogens is 1. The molecule has 7 nitrogen and oxygen atoms in total. The molecule has 1 unspecified atom stereocenters. The SMILES string of the molecule is Cc1ccc(-c2csc(NC(=O)C(Sc3cccc(NC(=O)/C(=C\c4ccccc4Cl)NC(=O)c4ccccc4)c3)c3ccccc3)c2C#N)cc1. The Morgan fingerprint density at radius 3 is 2.23 bits per heavy atom. The molecule has 256 valence electrons. The molecule has 6 aromatic rings. The van der Waals surface area contributed by atoms with Gasteiger partial charge < -0.3 is 16.0 Å². The molecule has 1 aromatic heterocycles. The Balaban J connectivity index is 1.24. The smallest absolute Gasteiger partial charge is 0.272 e. The lowest BCUT2D eigenvalue weighted by atomic mass is 10.0. The number of carbonyl (C=O) groups is 3. The maximum atomic E-state index is 14.0. The van der Waals surface area contributed by atoms with Gasteiger partial charge in [-0.2, -0.15) is 5.26 Å². The van der Waals surface area contributed by atoms with Crippen molar-refractivity contribution in [1.82, 2.24) is 5.32 Å². The average Bonchev–Trinajstić information content (AvgIpc) is 3.57. The molecule has 0 radical (unpaired) electrons. The number of thiophene rings is 1. The molecule has 1 atom stereocenters. The first-order valence-electron chi connectivity index (χ1n) is 16.1. The number of carbonyl (C=O) groups excluding carboxylic acids is 3. The molecule has 3 N–H and O–H groups in total. The van der Waals surface area contributed by atoms with Gasteiger partial charge in [0.15, 0.2) is 0 Å². The summed E-state index contributed by atoms with van der Waals surface area (Å²) in [4.78, 5) is 41.5. The fourth-order valence-corrected chi connectivity index (χ4v) is 7.45. The molecule has 0 aliphatic heterocycles. The minimum absolute atomic E-state index is 0.00389. The van der Waals surface area contributed by atoms with E-state index in [1.54, 1.807) is 72.8 Å². The van der Waals surface area contributed by atoms with Crippen molar-refractivity contribution >= 4 is 69.2 Å². The predicted molar refractivity (Wildman–Crippen MR) is 211 cm³/mol. The zero-order valence-corrected chi connectivity index (χ0v) is 30.2. The Labute approximate surface area is 315 Å². The van der Waals surface area contributed by atoms with Gasteiger partial charge in [-0.3, -0.25) is 14.4 Å². The minimum Gasteiger partial charge on any atom is -0.321 e. The molecule has 3 amide bonds. The van der Waals surface area contributed by atoms with Gasteiger partial charge in [-0.1, -0.05) is 114 Å². The van der Waals surface area contributed by atoms with Crippen molar-refractivity contribution in [2.24, 2.45) is 0 Å². The molecule has 0 aliphatic rings. The number of rotatable bonds is 11. The number of thioether (sulfide) groups is 1. The van der Waals surface area contributed by atoms with Crippen LogP contribution in [0.2, 0.25) is 5.02 Å². The summed E-state index contributed by atoms with van der Waals surface area (Å²) in [6, 6.07) is 42.3.